The van der Waals surface area contributed by atoms with Gasteiger partial charge in [-0.3, -0.25) is 9.20 Å². The lowest BCUT2D eigenvalue weighted by molar-refractivity contribution is -0.146. The number of aliphatic hydroxyl groups is 1. The van der Waals surface area contributed by atoms with Crippen LogP contribution in [0.2, 0.25) is 0 Å². The molecular formula is C23H26F3N3O3. The lowest BCUT2D eigenvalue weighted by atomic mass is 9.79. The van der Waals surface area contributed by atoms with Crippen LogP contribution in [-0.4, -0.2) is 32.3 Å². The summed E-state index contributed by atoms with van der Waals surface area (Å²) >= 11 is 0. The van der Waals surface area contributed by atoms with Gasteiger partial charge in [-0.1, -0.05) is 25.1 Å². The van der Waals surface area contributed by atoms with Crippen molar-refractivity contribution < 1.29 is 27.8 Å². The van der Waals surface area contributed by atoms with Gasteiger partial charge >= 0.3 is 12.1 Å². The Bertz CT molecular complexity index is 1120. The number of rotatable bonds is 7. The van der Waals surface area contributed by atoms with Crippen molar-refractivity contribution in [1.29, 1.82) is 0 Å². The second-order valence-electron chi connectivity index (χ2n) is 7.86. The van der Waals surface area contributed by atoms with E-state index < -0.39 is 12.0 Å². The zero-order chi connectivity index (χ0) is 23.6. The third-order valence-corrected chi connectivity index (χ3v) is 5.88. The van der Waals surface area contributed by atoms with Gasteiger partial charge in [0.15, 0.2) is 5.65 Å². The molecule has 32 heavy (non-hydrogen) atoms. The van der Waals surface area contributed by atoms with Crippen molar-refractivity contribution >= 4 is 11.6 Å². The Labute approximate surface area is 184 Å². The molecule has 1 aromatic carbocycles. The molecule has 2 heterocycles. The average molecular weight is 449 g/mol. The molecule has 0 aliphatic rings. The van der Waals surface area contributed by atoms with Crippen LogP contribution in [0.3, 0.4) is 0 Å². The van der Waals surface area contributed by atoms with Crippen LogP contribution in [0.4, 0.5) is 13.2 Å². The van der Waals surface area contributed by atoms with Crippen LogP contribution in [-0.2, 0) is 22.3 Å². The fourth-order valence-corrected chi connectivity index (χ4v) is 4.08. The number of benzene rings is 1. The standard InChI is InChI=1S/C23H26F3N3O3/c1-5-32-20(31)11-19(16-7-6-13(2)17(10-16)12-30)14(3)18-8-9-29-21(15(18)4)27-28-22(29)23(24,25)26/h6-10,14,19,30H,5,11-12H2,1-4H3/t14?,19-/m1/s1. The molecule has 0 amide bonds. The Balaban J connectivity index is 2.07. The quantitative estimate of drug-likeness (QED) is 0.529. The summed E-state index contributed by atoms with van der Waals surface area (Å²) in [6.07, 6.45) is -3.21. The van der Waals surface area contributed by atoms with Gasteiger partial charge in [-0.2, -0.15) is 13.2 Å². The molecule has 0 fully saturated rings. The Morgan fingerprint density at radius 3 is 2.56 bits per heavy atom. The Kier molecular flexibility index (Phi) is 6.88. The molecule has 3 aromatic rings. The second-order valence-corrected chi connectivity index (χ2v) is 7.86. The number of esters is 1. The van der Waals surface area contributed by atoms with Gasteiger partial charge in [0, 0.05) is 12.1 Å². The van der Waals surface area contributed by atoms with E-state index in [4.69, 9.17) is 4.74 Å². The van der Waals surface area contributed by atoms with E-state index in [9.17, 15) is 23.1 Å². The highest BCUT2D eigenvalue weighted by atomic mass is 19.4. The van der Waals surface area contributed by atoms with Gasteiger partial charge in [-0.15, -0.1) is 10.2 Å². The first-order valence-corrected chi connectivity index (χ1v) is 10.4. The first-order chi connectivity index (χ1) is 15.1. The minimum Gasteiger partial charge on any atom is -0.466 e. The molecule has 1 N–H and O–H groups in total. The first-order valence-electron chi connectivity index (χ1n) is 10.4. The normalized spacial score (nSPS) is 13.9. The number of aliphatic hydroxyl groups excluding tert-OH is 1. The Morgan fingerprint density at radius 1 is 1.22 bits per heavy atom. The van der Waals surface area contributed by atoms with Gasteiger partial charge in [0.05, 0.1) is 19.6 Å². The number of aryl methyl sites for hydroxylation is 2. The molecule has 0 aliphatic heterocycles. The summed E-state index contributed by atoms with van der Waals surface area (Å²) in [5, 5.41) is 16.8. The van der Waals surface area contributed by atoms with Crippen LogP contribution in [0.15, 0.2) is 30.5 Å². The molecular weight excluding hydrogens is 423 g/mol. The van der Waals surface area contributed by atoms with Gasteiger partial charge in [-0.05, 0) is 60.6 Å². The molecule has 3 rings (SSSR count). The van der Waals surface area contributed by atoms with Crippen molar-refractivity contribution in [3.63, 3.8) is 0 Å². The van der Waals surface area contributed by atoms with Crippen LogP contribution in [0.1, 0.15) is 65.7 Å². The van der Waals surface area contributed by atoms with Crippen molar-refractivity contribution in [3.05, 3.63) is 64.1 Å². The molecule has 0 aliphatic carbocycles. The maximum absolute atomic E-state index is 13.2. The molecule has 0 spiro atoms. The van der Waals surface area contributed by atoms with Gasteiger partial charge in [0.1, 0.15) is 0 Å². The second kappa shape index (κ2) is 9.28. The van der Waals surface area contributed by atoms with Gasteiger partial charge in [-0.25, -0.2) is 0 Å². The van der Waals surface area contributed by atoms with E-state index in [1.807, 2.05) is 32.0 Å². The zero-order valence-electron chi connectivity index (χ0n) is 18.4. The van der Waals surface area contributed by atoms with E-state index >= 15 is 0 Å². The Hall–Kier alpha value is -2.94. The van der Waals surface area contributed by atoms with E-state index in [1.165, 1.54) is 6.20 Å². The summed E-state index contributed by atoms with van der Waals surface area (Å²) < 4.78 is 45.7. The van der Waals surface area contributed by atoms with Crippen molar-refractivity contribution in [3.8, 4) is 0 Å². The fraction of sp³-hybridized carbons (Fsp3) is 0.435. The van der Waals surface area contributed by atoms with Gasteiger partial charge in [0.2, 0.25) is 5.82 Å². The van der Waals surface area contributed by atoms with Crippen molar-refractivity contribution in [2.24, 2.45) is 0 Å². The number of alkyl halides is 3. The van der Waals surface area contributed by atoms with Gasteiger partial charge in [0.25, 0.3) is 0 Å². The van der Waals surface area contributed by atoms with E-state index in [0.717, 1.165) is 26.7 Å². The predicted octanol–water partition coefficient (Wildman–Crippen LogP) is 4.70. The number of carbonyl (C=O) groups excluding carboxylic acids is 1. The smallest absolute Gasteiger partial charge is 0.452 e. The summed E-state index contributed by atoms with van der Waals surface area (Å²) in [7, 11) is 0. The summed E-state index contributed by atoms with van der Waals surface area (Å²) in [6, 6.07) is 7.27. The highest BCUT2D eigenvalue weighted by Gasteiger charge is 2.37. The van der Waals surface area contributed by atoms with E-state index in [2.05, 4.69) is 10.2 Å². The molecule has 2 atom stereocenters. The van der Waals surface area contributed by atoms with Crippen LogP contribution < -0.4 is 0 Å². The number of aromatic nitrogens is 3. The third kappa shape index (κ3) is 4.62. The topological polar surface area (TPSA) is 76.7 Å². The van der Waals surface area contributed by atoms with Crippen LogP contribution >= 0.6 is 0 Å². The minimum absolute atomic E-state index is 0.0913. The lowest BCUT2D eigenvalue weighted by Crippen LogP contribution is -2.17. The van der Waals surface area contributed by atoms with E-state index in [-0.39, 0.29) is 43.1 Å². The molecule has 172 valence electrons. The number of hydrogen-bond donors (Lipinski definition) is 1. The average Bonchev–Trinajstić information content (AvgIpc) is 3.18. The summed E-state index contributed by atoms with van der Waals surface area (Å²) in [5.41, 5.74) is 3.97. The number of carbonyl (C=O) groups is 1. The molecule has 0 bridgehead atoms. The lowest BCUT2D eigenvalue weighted by Gasteiger charge is -2.26. The maximum atomic E-state index is 13.2. The molecule has 1 unspecified atom stereocenters. The molecule has 9 heteroatoms. The van der Waals surface area contributed by atoms with Gasteiger partial charge < -0.3 is 9.84 Å². The van der Waals surface area contributed by atoms with Crippen molar-refractivity contribution in [2.45, 2.75) is 58.7 Å². The van der Waals surface area contributed by atoms with E-state index in [0.29, 0.717) is 5.56 Å². The number of ether oxygens (including phenoxy) is 1. The highest BCUT2D eigenvalue weighted by molar-refractivity contribution is 5.71. The number of pyridine rings is 1. The van der Waals surface area contributed by atoms with E-state index in [1.54, 1.807) is 19.9 Å². The SMILES string of the molecule is CCOC(=O)C[C@@H](c1ccc(C)c(CO)c1)C(C)c1ccn2c(C(F)(F)F)nnc2c1C. The number of nitrogens with zero attached hydrogens (tertiary/aromatic N) is 3. The van der Waals surface area contributed by atoms with Crippen LogP contribution in [0, 0.1) is 13.8 Å². The molecule has 0 saturated heterocycles. The minimum atomic E-state index is -4.62. The monoisotopic (exact) mass is 449 g/mol. The third-order valence-electron chi connectivity index (χ3n) is 5.88. The number of halogens is 3. The highest BCUT2D eigenvalue weighted by Crippen LogP contribution is 2.39. The molecule has 2 aromatic heterocycles. The molecule has 0 saturated carbocycles. The molecule has 0 radical (unpaired) electrons. The Morgan fingerprint density at radius 2 is 1.94 bits per heavy atom. The summed E-state index contributed by atoms with van der Waals surface area (Å²) in [6.45, 7) is 7.36. The fourth-order valence-electron chi connectivity index (χ4n) is 4.08. The van der Waals surface area contributed by atoms with Crippen molar-refractivity contribution in [1.82, 2.24) is 14.6 Å². The van der Waals surface area contributed by atoms with Crippen LogP contribution in [0.25, 0.3) is 5.65 Å². The zero-order valence-corrected chi connectivity index (χ0v) is 18.4. The maximum Gasteiger partial charge on any atom is 0.452 e. The summed E-state index contributed by atoms with van der Waals surface area (Å²) in [4.78, 5) is 12.4. The largest absolute Gasteiger partial charge is 0.466 e. The van der Waals surface area contributed by atoms with Crippen LogP contribution in [0.5, 0.6) is 0 Å². The predicted molar refractivity (Wildman–Crippen MR) is 112 cm³/mol. The van der Waals surface area contributed by atoms with Crippen molar-refractivity contribution in [2.75, 3.05) is 6.61 Å². The number of fused-ring (bicyclic) bond motifs is 1. The summed E-state index contributed by atoms with van der Waals surface area (Å²) in [5.74, 6) is -2.00. The number of hydrogen-bond acceptors (Lipinski definition) is 5. The first kappa shape index (κ1) is 23.7. The molecule has 6 nitrogen and oxygen atoms in total.